The van der Waals surface area contributed by atoms with Crippen LogP contribution in [-0.4, -0.2) is 16.8 Å². The number of hydrogen-bond donors (Lipinski definition) is 3. The van der Waals surface area contributed by atoms with E-state index in [1.54, 1.807) is 6.07 Å². The van der Waals surface area contributed by atoms with E-state index < -0.39 is 6.10 Å². The van der Waals surface area contributed by atoms with E-state index in [9.17, 15) is 10.2 Å². The zero-order valence-corrected chi connectivity index (χ0v) is 9.58. The highest BCUT2D eigenvalue weighted by Crippen LogP contribution is 2.33. The van der Waals surface area contributed by atoms with Crippen LogP contribution >= 0.6 is 15.9 Å². The van der Waals surface area contributed by atoms with E-state index in [2.05, 4.69) is 15.9 Å². The molecule has 0 aliphatic heterocycles. The van der Waals surface area contributed by atoms with Crippen LogP contribution in [0.4, 0.5) is 0 Å². The third kappa shape index (κ3) is 2.26. The van der Waals surface area contributed by atoms with Crippen LogP contribution in [0.1, 0.15) is 24.2 Å². The lowest BCUT2D eigenvalue weighted by Gasteiger charge is -2.13. The van der Waals surface area contributed by atoms with Crippen LogP contribution in [0.3, 0.4) is 0 Å². The van der Waals surface area contributed by atoms with Crippen molar-refractivity contribution in [2.24, 2.45) is 5.73 Å². The summed E-state index contributed by atoms with van der Waals surface area (Å²) in [6.07, 6.45) is 0.0428. The van der Waals surface area contributed by atoms with Crippen molar-refractivity contribution in [3.8, 4) is 5.75 Å². The standard InChI is InChI=1S/C10H14BrNO2/c1-2-6-3-7(9(13)5-12)10(14)8(11)4-6/h3-4,9,13-14H,2,5,12H2,1H3. The van der Waals surface area contributed by atoms with Crippen molar-refractivity contribution in [1.82, 2.24) is 0 Å². The molecular weight excluding hydrogens is 246 g/mol. The molecule has 0 heterocycles. The van der Waals surface area contributed by atoms with Gasteiger partial charge in [0.2, 0.25) is 0 Å². The third-order valence-corrected chi connectivity index (χ3v) is 2.75. The second-order valence-corrected chi connectivity index (χ2v) is 3.97. The summed E-state index contributed by atoms with van der Waals surface area (Å²) in [7, 11) is 0. The Morgan fingerprint density at radius 2 is 2.14 bits per heavy atom. The van der Waals surface area contributed by atoms with Gasteiger partial charge in [0.1, 0.15) is 5.75 Å². The first kappa shape index (κ1) is 11.5. The van der Waals surface area contributed by atoms with Gasteiger partial charge < -0.3 is 15.9 Å². The van der Waals surface area contributed by atoms with Gasteiger partial charge in [-0.25, -0.2) is 0 Å². The number of nitrogens with two attached hydrogens (primary N) is 1. The van der Waals surface area contributed by atoms with Crippen LogP contribution in [0.25, 0.3) is 0 Å². The molecule has 0 aromatic heterocycles. The van der Waals surface area contributed by atoms with Crippen molar-refractivity contribution < 1.29 is 10.2 Å². The molecule has 1 rings (SSSR count). The molecule has 0 aliphatic rings. The number of rotatable bonds is 3. The Morgan fingerprint density at radius 1 is 1.50 bits per heavy atom. The van der Waals surface area contributed by atoms with Gasteiger partial charge in [0, 0.05) is 12.1 Å². The van der Waals surface area contributed by atoms with Crippen molar-refractivity contribution >= 4 is 15.9 Å². The molecule has 1 aromatic rings. The fourth-order valence-electron chi connectivity index (χ4n) is 1.26. The molecule has 0 bridgehead atoms. The molecule has 0 saturated heterocycles. The van der Waals surface area contributed by atoms with Gasteiger partial charge in [0.05, 0.1) is 10.6 Å². The zero-order chi connectivity index (χ0) is 10.7. The minimum atomic E-state index is -0.808. The topological polar surface area (TPSA) is 66.5 Å². The van der Waals surface area contributed by atoms with Crippen molar-refractivity contribution in [3.05, 3.63) is 27.7 Å². The predicted octanol–water partition coefficient (Wildman–Crippen LogP) is 1.71. The lowest BCUT2D eigenvalue weighted by atomic mass is 10.0. The fraction of sp³-hybridized carbons (Fsp3) is 0.400. The smallest absolute Gasteiger partial charge is 0.135 e. The number of halogens is 1. The summed E-state index contributed by atoms with van der Waals surface area (Å²) >= 11 is 3.23. The van der Waals surface area contributed by atoms with E-state index in [0.717, 1.165) is 12.0 Å². The molecule has 1 unspecified atom stereocenters. The van der Waals surface area contributed by atoms with E-state index in [4.69, 9.17) is 5.73 Å². The van der Waals surface area contributed by atoms with E-state index in [-0.39, 0.29) is 12.3 Å². The Hall–Kier alpha value is -0.580. The molecule has 0 aliphatic carbocycles. The Labute approximate surface area is 91.7 Å². The molecule has 0 spiro atoms. The van der Waals surface area contributed by atoms with E-state index >= 15 is 0 Å². The summed E-state index contributed by atoms with van der Waals surface area (Å²) < 4.78 is 0.597. The molecule has 1 aromatic carbocycles. The highest BCUT2D eigenvalue weighted by atomic mass is 79.9. The molecule has 14 heavy (non-hydrogen) atoms. The second kappa shape index (κ2) is 4.77. The van der Waals surface area contributed by atoms with E-state index in [1.165, 1.54) is 0 Å². The van der Waals surface area contributed by atoms with Crippen LogP contribution in [0.15, 0.2) is 16.6 Å². The minimum absolute atomic E-state index is 0.0696. The Kier molecular flexibility index (Phi) is 3.92. The summed E-state index contributed by atoms with van der Waals surface area (Å²) in [5.41, 5.74) is 6.88. The molecule has 4 heteroatoms. The molecule has 0 radical (unpaired) electrons. The molecule has 0 amide bonds. The van der Waals surface area contributed by atoms with Crippen LogP contribution in [0.2, 0.25) is 0 Å². The Morgan fingerprint density at radius 3 is 2.64 bits per heavy atom. The number of aliphatic hydroxyl groups excluding tert-OH is 1. The van der Waals surface area contributed by atoms with Crippen LogP contribution in [0.5, 0.6) is 5.75 Å². The monoisotopic (exact) mass is 259 g/mol. The van der Waals surface area contributed by atoms with Gasteiger partial charge in [-0.05, 0) is 40.0 Å². The van der Waals surface area contributed by atoms with Gasteiger partial charge in [-0.3, -0.25) is 0 Å². The normalized spacial score (nSPS) is 12.9. The summed E-state index contributed by atoms with van der Waals surface area (Å²) in [5, 5.41) is 19.2. The molecule has 4 N–H and O–H groups in total. The predicted molar refractivity (Wildman–Crippen MR) is 59.2 cm³/mol. The van der Waals surface area contributed by atoms with Gasteiger partial charge in [-0.2, -0.15) is 0 Å². The lowest BCUT2D eigenvalue weighted by molar-refractivity contribution is 0.182. The van der Waals surface area contributed by atoms with Crippen LogP contribution < -0.4 is 5.73 Å². The molecule has 78 valence electrons. The molecule has 0 fully saturated rings. The summed E-state index contributed by atoms with van der Waals surface area (Å²) in [6.45, 7) is 2.12. The molecule has 1 atom stereocenters. The average Bonchev–Trinajstić information content (AvgIpc) is 2.20. The highest BCUT2D eigenvalue weighted by Gasteiger charge is 2.14. The van der Waals surface area contributed by atoms with Gasteiger partial charge in [-0.15, -0.1) is 0 Å². The molecular formula is C10H14BrNO2. The van der Waals surface area contributed by atoms with Crippen molar-refractivity contribution in [1.29, 1.82) is 0 Å². The summed E-state index contributed by atoms with van der Waals surface area (Å²) in [4.78, 5) is 0. The lowest BCUT2D eigenvalue weighted by Crippen LogP contribution is -2.12. The number of hydrogen-bond acceptors (Lipinski definition) is 3. The van der Waals surface area contributed by atoms with Crippen LogP contribution in [0, 0.1) is 0 Å². The fourth-order valence-corrected chi connectivity index (χ4v) is 1.79. The largest absolute Gasteiger partial charge is 0.506 e. The van der Waals surface area contributed by atoms with Gasteiger partial charge in [0.25, 0.3) is 0 Å². The second-order valence-electron chi connectivity index (χ2n) is 3.12. The number of benzene rings is 1. The maximum Gasteiger partial charge on any atom is 0.135 e. The minimum Gasteiger partial charge on any atom is -0.506 e. The first-order valence-corrected chi connectivity index (χ1v) is 5.28. The number of aryl methyl sites for hydroxylation is 1. The number of phenolic OH excluding ortho intramolecular Hbond substituents is 1. The maximum absolute atomic E-state index is 9.66. The van der Waals surface area contributed by atoms with Crippen molar-refractivity contribution in [2.75, 3.05) is 6.54 Å². The van der Waals surface area contributed by atoms with Gasteiger partial charge in [-0.1, -0.05) is 6.92 Å². The van der Waals surface area contributed by atoms with Crippen molar-refractivity contribution in [2.45, 2.75) is 19.4 Å². The number of aromatic hydroxyl groups is 1. The first-order chi connectivity index (χ1) is 6.60. The van der Waals surface area contributed by atoms with Crippen molar-refractivity contribution in [3.63, 3.8) is 0 Å². The van der Waals surface area contributed by atoms with Crippen LogP contribution in [-0.2, 0) is 6.42 Å². The number of phenols is 1. The number of aliphatic hydroxyl groups is 1. The third-order valence-electron chi connectivity index (χ3n) is 2.14. The molecule has 0 saturated carbocycles. The Bertz CT molecular complexity index is 328. The first-order valence-electron chi connectivity index (χ1n) is 4.49. The zero-order valence-electron chi connectivity index (χ0n) is 8.00. The molecule has 3 nitrogen and oxygen atoms in total. The maximum atomic E-state index is 9.66. The SMILES string of the molecule is CCc1cc(Br)c(O)c(C(O)CN)c1. The summed E-state index contributed by atoms with van der Waals surface area (Å²) in [6, 6.07) is 3.61. The highest BCUT2D eigenvalue weighted by molar-refractivity contribution is 9.10. The van der Waals surface area contributed by atoms with Gasteiger partial charge >= 0.3 is 0 Å². The van der Waals surface area contributed by atoms with E-state index in [0.29, 0.717) is 10.0 Å². The summed E-state index contributed by atoms with van der Waals surface area (Å²) in [5.74, 6) is 0.0696. The quantitative estimate of drug-likeness (QED) is 0.775. The van der Waals surface area contributed by atoms with E-state index in [1.807, 2.05) is 13.0 Å². The Balaban J connectivity index is 3.20. The average molecular weight is 260 g/mol. The van der Waals surface area contributed by atoms with Gasteiger partial charge in [0.15, 0.2) is 0 Å².